The largest absolute Gasteiger partial charge is 0.308 e. The fourth-order valence-electron chi connectivity index (χ4n) is 6.28. The van der Waals surface area contributed by atoms with E-state index in [1.807, 2.05) is 6.07 Å². The molecule has 2 unspecified atom stereocenters. The maximum absolute atomic E-state index is 5.03. The molecule has 1 saturated carbocycles. The summed E-state index contributed by atoms with van der Waals surface area (Å²) in [6, 6.07) is 34.6. The molecule has 44 heavy (non-hydrogen) atoms. The van der Waals surface area contributed by atoms with Crippen LogP contribution in [-0.4, -0.2) is 35.5 Å². The molecule has 0 spiro atoms. The highest BCUT2D eigenvalue weighted by Crippen LogP contribution is 2.34. The Balaban J connectivity index is 0.000000204. The Morgan fingerprint density at radius 2 is 1.20 bits per heavy atom. The Bertz CT molecular complexity index is 1330. The van der Waals surface area contributed by atoms with E-state index >= 15 is 0 Å². The van der Waals surface area contributed by atoms with E-state index < -0.39 is 0 Å². The molecule has 0 amide bonds. The predicted octanol–water partition coefficient (Wildman–Crippen LogP) is 10.3. The molecular formula is C40H54N4. The third kappa shape index (κ3) is 10.1. The molecule has 4 aromatic rings. The molecule has 234 valence electrons. The van der Waals surface area contributed by atoms with Gasteiger partial charge in [0.1, 0.15) is 0 Å². The summed E-state index contributed by atoms with van der Waals surface area (Å²) in [7, 11) is 4.27. The van der Waals surface area contributed by atoms with Gasteiger partial charge in [-0.15, -0.1) is 0 Å². The fourth-order valence-corrected chi connectivity index (χ4v) is 6.28. The van der Waals surface area contributed by atoms with Gasteiger partial charge in [-0.05, 0) is 76.5 Å². The first-order valence-electron chi connectivity index (χ1n) is 17.0. The first-order valence-corrected chi connectivity index (χ1v) is 17.0. The molecule has 0 radical (unpaired) electrons. The molecule has 1 fully saturated rings. The van der Waals surface area contributed by atoms with Gasteiger partial charge in [-0.25, -0.2) is 0 Å². The Hall–Kier alpha value is -3.34. The molecule has 4 heteroatoms. The highest BCUT2D eigenvalue weighted by molar-refractivity contribution is 5.59. The van der Waals surface area contributed by atoms with Crippen LogP contribution in [0, 0.1) is 5.92 Å². The van der Waals surface area contributed by atoms with Gasteiger partial charge < -0.3 is 10.2 Å². The molecule has 0 bridgehead atoms. The zero-order valence-electron chi connectivity index (χ0n) is 27.6. The van der Waals surface area contributed by atoms with Gasteiger partial charge in [-0.2, -0.15) is 0 Å². The van der Waals surface area contributed by atoms with Crippen LogP contribution in [0.15, 0.2) is 97.1 Å². The number of pyridine rings is 2. The van der Waals surface area contributed by atoms with Crippen molar-refractivity contribution in [3.63, 3.8) is 0 Å². The Morgan fingerprint density at radius 1 is 0.659 bits per heavy atom. The minimum Gasteiger partial charge on any atom is -0.308 e. The second-order valence-corrected chi connectivity index (χ2v) is 12.4. The van der Waals surface area contributed by atoms with Gasteiger partial charge >= 0.3 is 0 Å². The SMILES string of the molecule is CCCCC(c1cccc(-c2ccccc2)n1)N(C)C.CCCCNC(c1cccc(-c2ccccc2)n1)C1CCCCC1. The molecule has 5 rings (SSSR count). The van der Waals surface area contributed by atoms with Gasteiger partial charge in [0, 0.05) is 11.1 Å². The zero-order chi connectivity index (χ0) is 31.0. The number of hydrogen-bond donors (Lipinski definition) is 1. The highest BCUT2D eigenvalue weighted by atomic mass is 15.1. The molecular weight excluding hydrogens is 536 g/mol. The standard InChI is InChI=1S/C22H30N2.C18H24N2/c1-2-3-17-23-22(19-13-8-5-9-14-19)21-16-10-15-20(24-21)18-11-6-4-7-12-18;1-4-5-14-18(20(2)3)17-13-9-12-16(19-17)15-10-7-6-8-11-15/h4,6-7,10-12,15-16,19,22-23H,2-3,5,8-9,13-14,17H2,1H3;6-13,18H,4-5,14H2,1-3H3. The summed E-state index contributed by atoms with van der Waals surface area (Å²) in [4.78, 5) is 12.2. The summed E-state index contributed by atoms with van der Waals surface area (Å²) >= 11 is 0. The average molecular weight is 591 g/mol. The molecule has 1 aliphatic carbocycles. The minimum atomic E-state index is 0.401. The van der Waals surface area contributed by atoms with Crippen molar-refractivity contribution in [1.29, 1.82) is 0 Å². The van der Waals surface area contributed by atoms with E-state index in [-0.39, 0.29) is 0 Å². The Morgan fingerprint density at radius 3 is 1.75 bits per heavy atom. The van der Waals surface area contributed by atoms with E-state index in [1.165, 1.54) is 80.3 Å². The molecule has 2 aromatic carbocycles. The van der Waals surface area contributed by atoms with Crippen LogP contribution in [0.4, 0.5) is 0 Å². The molecule has 1 aliphatic rings. The molecule has 4 nitrogen and oxygen atoms in total. The molecule has 1 N–H and O–H groups in total. The first kappa shape index (κ1) is 33.6. The van der Waals surface area contributed by atoms with E-state index in [4.69, 9.17) is 9.97 Å². The van der Waals surface area contributed by atoms with Crippen molar-refractivity contribution in [3.05, 3.63) is 108 Å². The molecule has 2 aromatic heterocycles. The van der Waals surface area contributed by atoms with Crippen molar-refractivity contribution >= 4 is 0 Å². The average Bonchev–Trinajstić information content (AvgIpc) is 3.08. The number of rotatable bonds is 13. The number of aromatic nitrogens is 2. The van der Waals surface area contributed by atoms with Gasteiger partial charge in [0.25, 0.3) is 0 Å². The first-order chi connectivity index (χ1) is 21.6. The Kier molecular flexibility index (Phi) is 14.1. The topological polar surface area (TPSA) is 41.1 Å². The van der Waals surface area contributed by atoms with Gasteiger partial charge in [-0.1, -0.05) is 125 Å². The van der Waals surface area contributed by atoms with E-state index in [1.54, 1.807) is 0 Å². The summed E-state index contributed by atoms with van der Waals surface area (Å²) in [5.74, 6) is 0.731. The van der Waals surface area contributed by atoms with E-state index in [0.29, 0.717) is 12.1 Å². The number of unbranched alkanes of at least 4 members (excludes halogenated alkanes) is 2. The van der Waals surface area contributed by atoms with Crippen molar-refractivity contribution in [2.75, 3.05) is 20.6 Å². The van der Waals surface area contributed by atoms with Crippen molar-refractivity contribution in [2.24, 2.45) is 5.92 Å². The summed E-state index contributed by atoms with van der Waals surface area (Å²) in [6.07, 6.45) is 12.9. The maximum atomic E-state index is 5.03. The van der Waals surface area contributed by atoms with Crippen LogP contribution in [0.25, 0.3) is 22.5 Å². The van der Waals surface area contributed by atoms with Crippen LogP contribution in [0.5, 0.6) is 0 Å². The van der Waals surface area contributed by atoms with Gasteiger partial charge in [0.05, 0.1) is 34.9 Å². The summed E-state index contributed by atoms with van der Waals surface area (Å²) < 4.78 is 0. The van der Waals surface area contributed by atoms with Crippen LogP contribution >= 0.6 is 0 Å². The second-order valence-electron chi connectivity index (χ2n) is 12.4. The van der Waals surface area contributed by atoms with Crippen molar-refractivity contribution in [3.8, 4) is 22.5 Å². The summed E-state index contributed by atoms with van der Waals surface area (Å²) in [5.41, 5.74) is 6.93. The highest BCUT2D eigenvalue weighted by Gasteiger charge is 2.26. The van der Waals surface area contributed by atoms with Crippen molar-refractivity contribution in [2.45, 2.75) is 90.1 Å². The fraction of sp³-hybridized carbons (Fsp3) is 0.450. The van der Waals surface area contributed by atoms with E-state index in [9.17, 15) is 0 Å². The van der Waals surface area contributed by atoms with Crippen LogP contribution in [0.2, 0.25) is 0 Å². The smallest absolute Gasteiger partial charge is 0.0706 e. The van der Waals surface area contributed by atoms with Gasteiger partial charge in [-0.3, -0.25) is 9.97 Å². The van der Waals surface area contributed by atoms with E-state index in [0.717, 1.165) is 30.3 Å². The van der Waals surface area contributed by atoms with Gasteiger partial charge in [0.15, 0.2) is 0 Å². The van der Waals surface area contributed by atoms with Crippen LogP contribution in [0.1, 0.15) is 102 Å². The zero-order valence-corrected chi connectivity index (χ0v) is 27.6. The molecule has 0 saturated heterocycles. The van der Waals surface area contributed by atoms with Crippen LogP contribution in [0.3, 0.4) is 0 Å². The van der Waals surface area contributed by atoms with Gasteiger partial charge in [0.2, 0.25) is 0 Å². The third-order valence-corrected chi connectivity index (χ3v) is 8.81. The normalized spacial score (nSPS) is 14.9. The minimum absolute atomic E-state index is 0.401. The van der Waals surface area contributed by atoms with E-state index in [2.05, 4.69) is 129 Å². The van der Waals surface area contributed by atoms with Crippen molar-refractivity contribution in [1.82, 2.24) is 20.2 Å². The maximum Gasteiger partial charge on any atom is 0.0706 e. The summed E-state index contributed by atoms with van der Waals surface area (Å²) in [6.45, 7) is 5.58. The Labute approximate surface area is 267 Å². The predicted molar refractivity (Wildman–Crippen MR) is 188 cm³/mol. The lowest BCUT2D eigenvalue weighted by Crippen LogP contribution is -2.31. The van der Waals surface area contributed by atoms with Crippen LogP contribution in [-0.2, 0) is 0 Å². The van der Waals surface area contributed by atoms with Crippen molar-refractivity contribution < 1.29 is 0 Å². The van der Waals surface area contributed by atoms with Crippen LogP contribution < -0.4 is 5.32 Å². The molecule has 2 atom stereocenters. The number of benzene rings is 2. The number of nitrogens with zero attached hydrogens (tertiary/aromatic N) is 3. The molecule has 2 heterocycles. The number of hydrogen-bond acceptors (Lipinski definition) is 4. The lowest BCUT2D eigenvalue weighted by molar-refractivity contribution is 0.267. The second kappa shape index (κ2) is 18.5. The lowest BCUT2D eigenvalue weighted by Gasteiger charge is -2.31. The number of nitrogens with one attached hydrogen (secondary N) is 1. The monoisotopic (exact) mass is 590 g/mol. The summed E-state index contributed by atoms with van der Waals surface area (Å²) in [5, 5.41) is 3.82. The molecule has 0 aliphatic heterocycles. The lowest BCUT2D eigenvalue weighted by atomic mass is 9.82. The quantitative estimate of drug-likeness (QED) is 0.157. The third-order valence-electron chi connectivity index (χ3n) is 8.81.